The molecule has 1 aliphatic carbocycles. The minimum atomic E-state index is 0.118. The minimum absolute atomic E-state index is 0.118. The van der Waals surface area contributed by atoms with Crippen molar-refractivity contribution in [3.63, 3.8) is 0 Å². The van der Waals surface area contributed by atoms with Crippen LogP contribution in [-0.2, 0) is 0 Å². The Labute approximate surface area is 185 Å². The third-order valence-corrected chi connectivity index (χ3v) is 5.06. The van der Waals surface area contributed by atoms with E-state index in [1.54, 1.807) is 18.5 Å². The lowest BCUT2D eigenvalue weighted by Gasteiger charge is -2.16. The fourth-order valence-corrected chi connectivity index (χ4v) is 3.49. The van der Waals surface area contributed by atoms with Crippen LogP contribution >= 0.6 is 0 Å². The third-order valence-electron chi connectivity index (χ3n) is 5.06. The van der Waals surface area contributed by atoms with Gasteiger partial charge in [-0.05, 0) is 60.7 Å². The number of hydrogen-bond acceptors (Lipinski definition) is 6. The van der Waals surface area contributed by atoms with Gasteiger partial charge in [-0.3, -0.25) is 20.8 Å². The van der Waals surface area contributed by atoms with Crippen molar-refractivity contribution in [2.45, 2.75) is 0 Å². The number of aromatic nitrogens is 4. The molecule has 0 fully saturated rings. The molecular formula is C26H18N6. The number of nitrogens with one attached hydrogen (secondary N) is 2. The van der Waals surface area contributed by atoms with E-state index in [1.807, 2.05) is 78.9 Å². The van der Waals surface area contributed by atoms with Crippen molar-refractivity contribution in [3.8, 4) is 22.8 Å². The highest BCUT2D eigenvalue weighted by Gasteiger charge is 2.20. The van der Waals surface area contributed by atoms with Crippen LogP contribution in [0.15, 0.2) is 97.3 Å². The lowest BCUT2D eigenvalue weighted by Crippen LogP contribution is -2.17. The zero-order valence-electron chi connectivity index (χ0n) is 17.0. The fourth-order valence-electron chi connectivity index (χ4n) is 3.49. The van der Waals surface area contributed by atoms with E-state index < -0.39 is 0 Å². The number of rotatable bonds is 4. The molecule has 0 aliphatic heterocycles. The van der Waals surface area contributed by atoms with E-state index in [-0.39, 0.29) is 11.4 Å². The standard InChI is InChI=1S/C26H18N6/c27-19-16-17(20-9-5-11-24(31-20)22-7-1-3-13-29-22)15-18(26(19)28)21-10-6-12-25(32-21)23-8-2-4-14-30-23/h1-16,27-28H. The second kappa shape index (κ2) is 8.28. The normalized spacial score (nSPS) is 13.5. The first-order chi connectivity index (χ1) is 15.7. The second-order valence-electron chi connectivity index (χ2n) is 7.19. The maximum Gasteiger partial charge on any atom is 0.0893 e. The number of nitrogens with zero attached hydrogens (tertiary/aromatic N) is 4. The van der Waals surface area contributed by atoms with Gasteiger partial charge < -0.3 is 0 Å². The molecule has 5 rings (SSSR count). The molecule has 0 spiro atoms. The molecule has 0 saturated carbocycles. The summed E-state index contributed by atoms with van der Waals surface area (Å²) in [6.07, 6.45) is 7.00. The van der Waals surface area contributed by atoms with Crippen molar-refractivity contribution in [1.82, 2.24) is 19.9 Å². The summed E-state index contributed by atoms with van der Waals surface area (Å²) >= 11 is 0. The molecule has 6 heteroatoms. The number of pyridine rings is 4. The lowest BCUT2D eigenvalue weighted by atomic mass is 9.91. The van der Waals surface area contributed by atoms with Crippen LogP contribution in [0, 0.1) is 10.8 Å². The van der Waals surface area contributed by atoms with Gasteiger partial charge in [0.25, 0.3) is 0 Å². The largest absolute Gasteiger partial charge is 0.299 e. The number of hydrogen-bond donors (Lipinski definition) is 2. The predicted octanol–water partition coefficient (Wildman–Crippen LogP) is 5.12. The lowest BCUT2D eigenvalue weighted by molar-refractivity contribution is 1.22. The summed E-state index contributed by atoms with van der Waals surface area (Å²) in [6, 6.07) is 22.7. The van der Waals surface area contributed by atoms with Crippen molar-refractivity contribution in [2.75, 3.05) is 0 Å². The molecule has 6 nitrogen and oxygen atoms in total. The molecule has 152 valence electrons. The van der Waals surface area contributed by atoms with E-state index in [4.69, 9.17) is 20.8 Å². The number of allylic oxidation sites excluding steroid dienone is 4. The molecule has 4 aromatic heterocycles. The van der Waals surface area contributed by atoms with Crippen LogP contribution in [0.5, 0.6) is 0 Å². The first-order valence-electron chi connectivity index (χ1n) is 10.1. The van der Waals surface area contributed by atoms with Crippen LogP contribution < -0.4 is 0 Å². The Balaban J connectivity index is 1.56. The van der Waals surface area contributed by atoms with Crippen LogP contribution in [0.25, 0.3) is 33.9 Å². The molecule has 4 aromatic rings. The summed E-state index contributed by atoms with van der Waals surface area (Å²) in [5, 5.41) is 16.8. The molecule has 1 aliphatic rings. The molecule has 0 atom stereocenters. The van der Waals surface area contributed by atoms with Crippen LogP contribution in [0.1, 0.15) is 11.4 Å². The highest BCUT2D eigenvalue weighted by molar-refractivity contribution is 6.61. The van der Waals surface area contributed by atoms with Crippen molar-refractivity contribution in [2.24, 2.45) is 0 Å². The summed E-state index contributed by atoms with van der Waals surface area (Å²) in [5.41, 5.74) is 5.91. The first-order valence-corrected chi connectivity index (χ1v) is 10.1. The first kappa shape index (κ1) is 19.4. The molecule has 0 saturated heterocycles. The van der Waals surface area contributed by atoms with Gasteiger partial charge in [0.1, 0.15) is 0 Å². The van der Waals surface area contributed by atoms with Gasteiger partial charge >= 0.3 is 0 Å². The van der Waals surface area contributed by atoms with Gasteiger partial charge in [-0.1, -0.05) is 24.3 Å². The Hall–Kier alpha value is -4.58. The van der Waals surface area contributed by atoms with Gasteiger partial charge in [0.2, 0.25) is 0 Å². The molecule has 0 radical (unpaired) electrons. The van der Waals surface area contributed by atoms with Crippen LogP contribution in [-0.4, -0.2) is 31.4 Å². The Morgan fingerprint density at radius 1 is 0.500 bits per heavy atom. The van der Waals surface area contributed by atoms with Gasteiger partial charge in [0.05, 0.1) is 45.6 Å². The highest BCUT2D eigenvalue weighted by Crippen LogP contribution is 2.28. The summed E-state index contributed by atoms with van der Waals surface area (Å²) in [4.78, 5) is 18.2. The quantitative estimate of drug-likeness (QED) is 0.453. The molecule has 32 heavy (non-hydrogen) atoms. The van der Waals surface area contributed by atoms with E-state index in [2.05, 4.69) is 9.97 Å². The Kier molecular flexibility index (Phi) is 5.01. The Morgan fingerprint density at radius 3 is 1.62 bits per heavy atom. The SMILES string of the molecule is N=C1C=C(c2cccc(-c3ccccn3)n2)C=C(c2cccc(-c3ccccn3)n2)C1=N. The topological polar surface area (TPSA) is 99.3 Å². The van der Waals surface area contributed by atoms with Crippen LogP contribution in [0.4, 0.5) is 0 Å². The van der Waals surface area contributed by atoms with Gasteiger partial charge in [0, 0.05) is 23.5 Å². The summed E-state index contributed by atoms with van der Waals surface area (Å²) in [6.45, 7) is 0. The molecule has 2 N–H and O–H groups in total. The van der Waals surface area contributed by atoms with Gasteiger partial charge in [-0.25, -0.2) is 9.97 Å². The third kappa shape index (κ3) is 3.77. The van der Waals surface area contributed by atoms with E-state index in [9.17, 15) is 0 Å². The summed E-state index contributed by atoms with van der Waals surface area (Å²) < 4.78 is 0. The van der Waals surface area contributed by atoms with E-state index in [1.165, 1.54) is 0 Å². The van der Waals surface area contributed by atoms with Crippen LogP contribution in [0.3, 0.4) is 0 Å². The van der Waals surface area contributed by atoms with Crippen molar-refractivity contribution in [1.29, 1.82) is 10.8 Å². The highest BCUT2D eigenvalue weighted by atomic mass is 14.8. The molecule has 0 bridgehead atoms. The average Bonchev–Trinajstić information content (AvgIpc) is 2.87. The molecular weight excluding hydrogens is 396 g/mol. The molecule has 0 unspecified atom stereocenters. The summed E-state index contributed by atoms with van der Waals surface area (Å²) in [7, 11) is 0. The maximum atomic E-state index is 8.47. The molecule has 0 aromatic carbocycles. The molecule has 0 amide bonds. The van der Waals surface area contributed by atoms with Crippen molar-refractivity contribution in [3.05, 3.63) is 109 Å². The second-order valence-corrected chi connectivity index (χ2v) is 7.19. The molecule has 4 heterocycles. The van der Waals surface area contributed by atoms with Gasteiger partial charge in [0.15, 0.2) is 0 Å². The average molecular weight is 414 g/mol. The maximum absolute atomic E-state index is 8.47. The van der Waals surface area contributed by atoms with Crippen molar-refractivity contribution >= 4 is 22.6 Å². The van der Waals surface area contributed by atoms with Crippen LogP contribution in [0.2, 0.25) is 0 Å². The summed E-state index contributed by atoms with van der Waals surface area (Å²) in [5.74, 6) is 0. The Bertz CT molecular complexity index is 1390. The zero-order valence-corrected chi connectivity index (χ0v) is 17.0. The van der Waals surface area contributed by atoms with Gasteiger partial charge in [-0.2, -0.15) is 0 Å². The van der Waals surface area contributed by atoms with Gasteiger partial charge in [-0.15, -0.1) is 0 Å². The van der Waals surface area contributed by atoms with Crippen molar-refractivity contribution < 1.29 is 0 Å². The monoisotopic (exact) mass is 414 g/mol. The zero-order chi connectivity index (χ0) is 21.9. The Morgan fingerprint density at radius 2 is 1.03 bits per heavy atom. The van der Waals surface area contributed by atoms with E-state index >= 15 is 0 Å². The fraction of sp³-hybridized carbons (Fsp3) is 0. The smallest absolute Gasteiger partial charge is 0.0893 e. The van der Waals surface area contributed by atoms with E-state index in [0.29, 0.717) is 17.0 Å². The predicted molar refractivity (Wildman–Crippen MR) is 126 cm³/mol. The minimum Gasteiger partial charge on any atom is -0.299 e. The van der Waals surface area contributed by atoms with E-state index in [0.717, 1.165) is 28.3 Å².